The van der Waals surface area contributed by atoms with Crippen molar-refractivity contribution in [2.75, 3.05) is 13.2 Å². The van der Waals surface area contributed by atoms with E-state index in [0.717, 1.165) is 22.5 Å². The molecule has 1 aliphatic heterocycles. The topological polar surface area (TPSA) is 43.2 Å². The van der Waals surface area contributed by atoms with Crippen LogP contribution in [-0.4, -0.2) is 25.0 Å². The molecule has 0 N–H and O–H groups in total. The van der Waals surface area contributed by atoms with E-state index in [1.807, 2.05) is 60.7 Å². The first-order valence-electron chi connectivity index (χ1n) is 10.6. The van der Waals surface area contributed by atoms with Gasteiger partial charge in [-0.3, -0.25) is 0 Å². The van der Waals surface area contributed by atoms with Crippen LogP contribution < -0.4 is 0 Å². The van der Waals surface area contributed by atoms with Gasteiger partial charge >= 0.3 is 0 Å². The Hall–Kier alpha value is -4.18. The van der Waals surface area contributed by atoms with Crippen molar-refractivity contribution in [3.8, 4) is 22.3 Å². The highest BCUT2D eigenvalue weighted by Crippen LogP contribution is 2.25. The molecule has 4 aromatic rings. The maximum Gasteiger partial charge on any atom is 0.278 e. The van der Waals surface area contributed by atoms with Gasteiger partial charge in [-0.05, 0) is 46.5 Å². The van der Waals surface area contributed by atoms with E-state index in [0.29, 0.717) is 25.0 Å². The van der Waals surface area contributed by atoms with Crippen LogP contribution in [0.2, 0.25) is 0 Å². The Morgan fingerprint density at radius 3 is 1.12 bits per heavy atom. The van der Waals surface area contributed by atoms with Gasteiger partial charge in [-0.1, -0.05) is 84.9 Å². The van der Waals surface area contributed by atoms with Crippen molar-refractivity contribution in [1.29, 1.82) is 0 Å². The quantitative estimate of drug-likeness (QED) is 0.365. The largest absolute Gasteiger partial charge is 0.470 e. The first-order valence-corrected chi connectivity index (χ1v) is 10.6. The van der Waals surface area contributed by atoms with Crippen LogP contribution in [0.3, 0.4) is 0 Å². The Morgan fingerprint density at radius 2 is 0.750 bits per heavy atom. The summed E-state index contributed by atoms with van der Waals surface area (Å²) in [5.74, 6) is 0.798. The maximum atomic E-state index is 5.77. The summed E-state index contributed by atoms with van der Waals surface area (Å²) in [5, 5.41) is 0. The summed E-state index contributed by atoms with van der Waals surface area (Å²) < 4.78 is 11.5. The Labute approximate surface area is 187 Å². The highest BCUT2D eigenvalue weighted by molar-refractivity contribution is 6.36. The van der Waals surface area contributed by atoms with E-state index in [4.69, 9.17) is 9.47 Å². The summed E-state index contributed by atoms with van der Waals surface area (Å²) in [5.41, 5.74) is 6.20. The van der Waals surface area contributed by atoms with E-state index in [1.165, 1.54) is 11.1 Å². The van der Waals surface area contributed by atoms with Crippen molar-refractivity contribution in [2.24, 2.45) is 9.98 Å². The van der Waals surface area contributed by atoms with Gasteiger partial charge in [0, 0.05) is 0 Å². The van der Waals surface area contributed by atoms with Crippen LogP contribution in [0.5, 0.6) is 0 Å². The van der Waals surface area contributed by atoms with Gasteiger partial charge in [0.1, 0.15) is 13.2 Å². The molecule has 0 aliphatic carbocycles. The zero-order valence-corrected chi connectivity index (χ0v) is 17.5. The minimum absolute atomic E-state index is 0.399. The fraction of sp³-hybridized carbons (Fsp3) is 0.0714. The summed E-state index contributed by atoms with van der Waals surface area (Å²) in [4.78, 5) is 9.27. The number of rotatable bonds is 4. The van der Waals surface area contributed by atoms with Crippen LogP contribution in [0, 0.1) is 0 Å². The lowest BCUT2D eigenvalue weighted by atomic mass is 10.1. The first kappa shape index (κ1) is 19.8. The molecule has 1 aliphatic rings. The Balaban J connectivity index is 1.38. The van der Waals surface area contributed by atoms with Gasteiger partial charge in [0.15, 0.2) is 0 Å². The van der Waals surface area contributed by atoms with Gasteiger partial charge < -0.3 is 9.47 Å². The monoisotopic (exact) mass is 418 g/mol. The molecular formula is C28H22N2O2. The molecule has 156 valence electrons. The van der Waals surface area contributed by atoms with Crippen molar-refractivity contribution in [1.82, 2.24) is 0 Å². The van der Waals surface area contributed by atoms with Crippen LogP contribution in [-0.2, 0) is 9.47 Å². The molecule has 1 saturated heterocycles. The predicted octanol–water partition coefficient (Wildman–Crippen LogP) is 6.83. The van der Waals surface area contributed by atoms with E-state index >= 15 is 0 Å². The lowest BCUT2D eigenvalue weighted by Gasteiger charge is -2.18. The summed E-state index contributed by atoms with van der Waals surface area (Å²) in [6.07, 6.45) is 0. The molecule has 0 spiro atoms. The lowest BCUT2D eigenvalue weighted by Crippen LogP contribution is -2.29. The van der Waals surface area contributed by atoms with E-state index in [2.05, 4.69) is 58.5 Å². The molecule has 5 rings (SSSR count). The third-order valence-corrected chi connectivity index (χ3v) is 5.15. The average Bonchev–Trinajstić information content (AvgIpc) is 2.87. The Kier molecular flexibility index (Phi) is 5.75. The highest BCUT2D eigenvalue weighted by atomic mass is 16.6. The van der Waals surface area contributed by atoms with Gasteiger partial charge in [0.05, 0.1) is 11.4 Å². The number of nitrogens with zero attached hydrogens (tertiary/aromatic N) is 2. The second kappa shape index (κ2) is 9.31. The van der Waals surface area contributed by atoms with Gasteiger partial charge in [0.25, 0.3) is 11.8 Å². The smallest absolute Gasteiger partial charge is 0.278 e. The lowest BCUT2D eigenvalue weighted by molar-refractivity contribution is 0.173. The van der Waals surface area contributed by atoms with Gasteiger partial charge in [0.2, 0.25) is 0 Å². The number of ether oxygens (including phenoxy) is 2. The molecule has 4 nitrogen and oxygen atoms in total. The van der Waals surface area contributed by atoms with Crippen molar-refractivity contribution in [3.05, 3.63) is 109 Å². The third kappa shape index (κ3) is 4.60. The fourth-order valence-corrected chi connectivity index (χ4v) is 3.51. The molecule has 0 unspecified atom stereocenters. The van der Waals surface area contributed by atoms with Crippen LogP contribution in [0.15, 0.2) is 119 Å². The second-order valence-electron chi connectivity index (χ2n) is 7.36. The zero-order chi connectivity index (χ0) is 21.6. The molecule has 1 fully saturated rings. The van der Waals surface area contributed by atoms with E-state index < -0.39 is 0 Å². The number of hydrogen-bond acceptors (Lipinski definition) is 4. The first-order chi connectivity index (χ1) is 15.8. The van der Waals surface area contributed by atoms with Crippen LogP contribution in [0.4, 0.5) is 11.4 Å². The van der Waals surface area contributed by atoms with Gasteiger partial charge in [-0.2, -0.15) is 0 Å². The molecule has 0 atom stereocenters. The Morgan fingerprint density at radius 1 is 0.406 bits per heavy atom. The second-order valence-corrected chi connectivity index (χ2v) is 7.36. The molecule has 0 aromatic heterocycles. The predicted molar refractivity (Wildman–Crippen MR) is 130 cm³/mol. The summed E-state index contributed by atoms with van der Waals surface area (Å²) in [7, 11) is 0. The van der Waals surface area contributed by atoms with Crippen molar-refractivity contribution in [2.45, 2.75) is 0 Å². The standard InChI is InChI=1S/C28H22N2O2/c1-3-7-21(8-4-1)23-11-15-25(16-12-23)29-27-28(32-20-19-31-27)30-26-17-13-24(14-18-26)22-9-5-2-6-10-22/h1-18H,19-20H2. The molecule has 0 radical (unpaired) electrons. The van der Waals surface area contributed by atoms with Crippen molar-refractivity contribution >= 4 is 23.2 Å². The fourth-order valence-electron chi connectivity index (χ4n) is 3.51. The minimum atomic E-state index is 0.399. The molecular weight excluding hydrogens is 396 g/mol. The SMILES string of the molecule is c1ccc(-c2ccc(N=C3OCCOC3=Nc3ccc(-c4ccccc4)cc3)cc2)cc1. The van der Waals surface area contributed by atoms with E-state index in [-0.39, 0.29) is 0 Å². The van der Waals surface area contributed by atoms with Crippen molar-refractivity contribution in [3.63, 3.8) is 0 Å². The summed E-state index contributed by atoms with van der Waals surface area (Å²) in [6, 6.07) is 36.6. The van der Waals surface area contributed by atoms with E-state index in [1.54, 1.807) is 0 Å². The van der Waals surface area contributed by atoms with Gasteiger partial charge in [-0.25, -0.2) is 9.98 Å². The Bertz CT molecular complexity index is 1130. The average molecular weight is 418 g/mol. The molecule has 0 amide bonds. The highest BCUT2D eigenvalue weighted by Gasteiger charge is 2.19. The number of benzene rings is 4. The van der Waals surface area contributed by atoms with Gasteiger partial charge in [-0.15, -0.1) is 0 Å². The number of aliphatic imine (C=N–C) groups is 2. The zero-order valence-electron chi connectivity index (χ0n) is 17.5. The maximum absolute atomic E-state index is 5.77. The van der Waals surface area contributed by atoms with Crippen LogP contribution in [0.25, 0.3) is 22.3 Å². The van der Waals surface area contributed by atoms with Crippen molar-refractivity contribution < 1.29 is 9.47 Å². The van der Waals surface area contributed by atoms with Crippen LogP contribution in [0.1, 0.15) is 0 Å². The van der Waals surface area contributed by atoms with E-state index in [9.17, 15) is 0 Å². The van der Waals surface area contributed by atoms with Crippen LogP contribution >= 0.6 is 0 Å². The normalized spacial score (nSPS) is 15.9. The molecule has 0 bridgehead atoms. The number of hydrogen-bond donors (Lipinski definition) is 0. The summed E-state index contributed by atoms with van der Waals surface area (Å²) in [6.45, 7) is 0.903. The molecule has 1 heterocycles. The molecule has 0 saturated carbocycles. The third-order valence-electron chi connectivity index (χ3n) is 5.15. The summed E-state index contributed by atoms with van der Waals surface area (Å²) >= 11 is 0. The molecule has 4 heteroatoms. The molecule has 32 heavy (non-hydrogen) atoms. The minimum Gasteiger partial charge on any atom is -0.470 e. The molecule has 4 aromatic carbocycles.